The summed E-state index contributed by atoms with van der Waals surface area (Å²) in [6.07, 6.45) is 0.965. The van der Waals surface area contributed by atoms with E-state index in [0.717, 1.165) is 17.4 Å². The molecule has 0 aliphatic carbocycles. The molecule has 2 aromatic carbocycles. The summed E-state index contributed by atoms with van der Waals surface area (Å²) in [7, 11) is 6.27. The number of carbonyl (C=O) groups is 1. The van der Waals surface area contributed by atoms with E-state index in [0.29, 0.717) is 59.0 Å². The van der Waals surface area contributed by atoms with Crippen LogP contribution in [0.15, 0.2) is 30.3 Å². The lowest BCUT2D eigenvalue weighted by atomic mass is 10.1. The van der Waals surface area contributed by atoms with Crippen LogP contribution >= 0.6 is 0 Å². The highest BCUT2D eigenvalue weighted by Crippen LogP contribution is 2.41. The quantitative estimate of drug-likeness (QED) is 0.440. The number of aromatic amines is 1. The summed E-state index contributed by atoms with van der Waals surface area (Å²) in [5.41, 5.74) is 1.91. The van der Waals surface area contributed by atoms with Crippen LogP contribution in [0.1, 0.15) is 36.3 Å². The number of amides is 1. The molecule has 3 aromatic rings. The van der Waals surface area contributed by atoms with Gasteiger partial charge in [-0.2, -0.15) is 0 Å². The van der Waals surface area contributed by atoms with Crippen LogP contribution in [0, 0.1) is 5.92 Å². The molecule has 8 heteroatoms. The van der Waals surface area contributed by atoms with Gasteiger partial charge in [-0.3, -0.25) is 4.79 Å². The predicted octanol–water partition coefficient (Wildman–Crippen LogP) is 4.56. The van der Waals surface area contributed by atoms with Crippen molar-refractivity contribution >= 4 is 16.8 Å². The average molecular weight is 457 g/mol. The van der Waals surface area contributed by atoms with Crippen molar-refractivity contribution in [2.24, 2.45) is 5.92 Å². The summed E-state index contributed by atoms with van der Waals surface area (Å²) < 4.78 is 27.6. The van der Waals surface area contributed by atoms with E-state index in [1.165, 1.54) is 0 Å². The minimum absolute atomic E-state index is 0.259. The zero-order valence-electron chi connectivity index (χ0n) is 20.0. The highest BCUT2D eigenvalue weighted by atomic mass is 16.5. The fraction of sp³-hybridized carbons (Fsp3) is 0.400. The Bertz CT molecular complexity index is 1110. The number of hydrogen-bond donors (Lipinski definition) is 2. The van der Waals surface area contributed by atoms with E-state index in [4.69, 9.17) is 23.7 Å². The molecule has 0 aliphatic heterocycles. The van der Waals surface area contributed by atoms with Crippen molar-refractivity contribution in [1.82, 2.24) is 10.3 Å². The number of hydrogen-bond acceptors (Lipinski definition) is 6. The predicted molar refractivity (Wildman–Crippen MR) is 127 cm³/mol. The van der Waals surface area contributed by atoms with Crippen molar-refractivity contribution in [1.29, 1.82) is 0 Å². The topological polar surface area (TPSA) is 91.0 Å². The molecular weight excluding hydrogens is 424 g/mol. The van der Waals surface area contributed by atoms with Crippen molar-refractivity contribution in [3.05, 3.63) is 41.6 Å². The van der Waals surface area contributed by atoms with Crippen LogP contribution in [0.25, 0.3) is 10.9 Å². The van der Waals surface area contributed by atoms with Gasteiger partial charge in [-0.1, -0.05) is 19.9 Å². The summed E-state index contributed by atoms with van der Waals surface area (Å²) in [6.45, 7) is 5.26. The van der Waals surface area contributed by atoms with Crippen LogP contribution in [0.2, 0.25) is 0 Å². The highest BCUT2D eigenvalue weighted by molar-refractivity contribution is 6.02. The van der Waals surface area contributed by atoms with Gasteiger partial charge in [-0.05, 0) is 36.1 Å². The molecule has 2 N–H and O–H groups in total. The summed E-state index contributed by atoms with van der Waals surface area (Å²) in [6, 6.07) is 9.11. The van der Waals surface area contributed by atoms with Crippen molar-refractivity contribution in [2.75, 3.05) is 35.0 Å². The first-order valence-corrected chi connectivity index (χ1v) is 10.8. The number of fused-ring (bicyclic) bond motifs is 1. The van der Waals surface area contributed by atoms with Crippen molar-refractivity contribution < 1.29 is 28.5 Å². The maximum Gasteiger partial charge on any atom is 0.268 e. The Morgan fingerprint density at radius 1 is 0.909 bits per heavy atom. The van der Waals surface area contributed by atoms with E-state index in [9.17, 15) is 4.79 Å². The first-order valence-electron chi connectivity index (χ1n) is 10.8. The number of aromatic nitrogens is 1. The van der Waals surface area contributed by atoms with Crippen LogP contribution in [0.4, 0.5) is 0 Å². The van der Waals surface area contributed by atoms with Gasteiger partial charge >= 0.3 is 0 Å². The third-order valence-corrected chi connectivity index (χ3v) is 5.32. The largest absolute Gasteiger partial charge is 0.496 e. The summed E-state index contributed by atoms with van der Waals surface area (Å²) in [5.74, 6) is 3.23. The molecular formula is C25H32N2O6. The molecule has 8 nitrogen and oxygen atoms in total. The molecule has 0 atom stereocenters. The fourth-order valence-corrected chi connectivity index (χ4v) is 3.48. The highest BCUT2D eigenvalue weighted by Gasteiger charge is 2.19. The Morgan fingerprint density at radius 2 is 1.64 bits per heavy atom. The zero-order chi connectivity index (χ0) is 24.0. The number of nitrogens with one attached hydrogen (secondary N) is 2. The first-order chi connectivity index (χ1) is 15.9. The molecule has 0 radical (unpaired) electrons. The molecule has 0 saturated carbocycles. The maximum atomic E-state index is 12.9. The lowest BCUT2D eigenvalue weighted by Crippen LogP contribution is -2.23. The second-order valence-electron chi connectivity index (χ2n) is 7.98. The number of benzene rings is 2. The third-order valence-electron chi connectivity index (χ3n) is 5.32. The summed E-state index contributed by atoms with van der Waals surface area (Å²) in [4.78, 5) is 16.0. The van der Waals surface area contributed by atoms with Crippen LogP contribution < -0.4 is 29.0 Å². The second-order valence-corrected chi connectivity index (χ2v) is 7.98. The summed E-state index contributed by atoms with van der Waals surface area (Å²) in [5, 5.41) is 3.66. The molecule has 1 heterocycles. The van der Waals surface area contributed by atoms with Gasteiger partial charge in [0.15, 0.2) is 23.0 Å². The molecule has 0 bridgehead atoms. The van der Waals surface area contributed by atoms with Gasteiger partial charge in [0, 0.05) is 18.0 Å². The average Bonchev–Trinajstić information content (AvgIpc) is 3.27. The molecule has 178 valence electrons. The fourth-order valence-electron chi connectivity index (χ4n) is 3.48. The molecule has 33 heavy (non-hydrogen) atoms. The van der Waals surface area contributed by atoms with Crippen LogP contribution in [-0.4, -0.2) is 45.9 Å². The Kier molecular flexibility index (Phi) is 7.92. The van der Waals surface area contributed by atoms with E-state index < -0.39 is 0 Å². The number of H-pyrrole nitrogens is 1. The summed E-state index contributed by atoms with van der Waals surface area (Å²) >= 11 is 0. The third kappa shape index (κ3) is 5.45. The van der Waals surface area contributed by atoms with Crippen molar-refractivity contribution in [3.63, 3.8) is 0 Å². The van der Waals surface area contributed by atoms with Gasteiger partial charge < -0.3 is 34.0 Å². The smallest absolute Gasteiger partial charge is 0.268 e. The van der Waals surface area contributed by atoms with Crippen molar-refractivity contribution in [2.45, 2.75) is 26.8 Å². The van der Waals surface area contributed by atoms with E-state index in [1.807, 2.05) is 18.2 Å². The molecule has 0 unspecified atom stereocenters. The number of rotatable bonds is 11. The van der Waals surface area contributed by atoms with Crippen molar-refractivity contribution in [3.8, 4) is 28.7 Å². The van der Waals surface area contributed by atoms with Gasteiger partial charge in [0.1, 0.15) is 11.4 Å². The monoisotopic (exact) mass is 456 g/mol. The second kappa shape index (κ2) is 10.8. The molecule has 3 rings (SSSR count). The van der Waals surface area contributed by atoms with Gasteiger partial charge in [0.25, 0.3) is 5.91 Å². The lowest BCUT2D eigenvalue weighted by Gasteiger charge is -2.13. The minimum Gasteiger partial charge on any atom is -0.496 e. The van der Waals surface area contributed by atoms with E-state index in [-0.39, 0.29) is 5.91 Å². The molecule has 0 saturated heterocycles. The van der Waals surface area contributed by atoms with Gasteiger partial charge in [-0.15, -0.1) is 0 Å². The number of carbonyl (C=O) groups excluding carboxylic acids is 1. The normalized spacial score (nSPS) is 10.9. The Hall–Kier alpha value is -3.55. The van der Waals surface area contributed by atoms with E-state index in [2.05, 4.69) is 24.1 Å². The lowest BCUT2D eigenvalue weighted by molar-refractivity contribution is 0.0946. The van der Waals surface area contributed by atoms with E-state index in [1.54, 1.807) is 40.6 Å². The SMILES string of the molecule is COc1cc(CNC(=O)c2cc3c(OC)cc(OC)c(OC)c3[nH]2)ccc1OCCC(C)C. The first kappa shape index (κ1) is 24.1. The molecule has 1 aromatic heterocycles. The minimum atomic E-state index is -0.259. The molecule has 0 spiro atoms. The Morgan fingerprint density at radius 3 is 2.27 bits per heavy atom. The van der Waals surface area contributed by atoms with Crippen LogP contribution in [0.5, 0.6) is 28.7 Å². The van der Waals surface area contributed by atoms with Crippen LogP contribution in [0.3, 0.4) is 0 Å². The van der Waals surface area contributed by atoms with Gasteiger partial charge in [0.05, 0.1) is 40.6 Å². The van der Waals surface area contributed by atoms with Gasteiger partial charge in [0.2, 0.25) is 0 Å². The van der Waals surface area contributed by atoms with Crippen LogP contribution in [-0.2, 0) is 6.54 Å². The van der Waals surface area contributed by atoms with Gasteiger partial charge in [-0.25, -0.2) is 0 Å². The molecule has 0 aliphatic rings. The Labute approximate surface area is 194 Å². The zero-order valence-corrected chi connectivity index (χ0v) is 20.0. The molecule has 1 amide bonds. The van der Waals surface area contributed by atoms with E-state index >= 15 is 0 Å². The standard InChI is InChI=1S/C25H32N2O6/c1-15(2)9-10-33-19-8-7-16(11-21(19)30-4)14-26-25(28)18-12-17-20(29-3)13-22(31-5)24(32-6)23(17)27-18/h7-8,11-13,15,27H,9-10,14H2,1-6H3,(H,26,28). The maximum absolute atomic E-state index is 12.9. The number of ether oxygens (including phenoxy) is 5. The Balaban J connectivity index is 1.75. The number of methoxy groups -OCH3 is 4. The molecule has 0 fully saturated rings.